The third-order valence-electron chi connectivity index (χ3n) is 4.51. The molecule has 3 rings (SSSR count). The summed E-state index contributed by atoms with van der Waals surface area (Å²) in [5, 5.41) is 4.41. The van der Waals surface area contributed by atoms with Crippen LogP contribution in [0, 0.1) is 0 Å². The first-order valence-electron chi connectivity index (χ1n) is 9.01. The number of hydrogen-bond acceptors (Lipinski definition) is 3. The summed E-state index contributed by atoms with van der Waals surface area (Å²) >= 11 is 0. The van der Waals surface area contributed by atoms with Crippen molar-refractivity contribution in [3.05, 3.63) is 59.8 Å². The van der Waals surface area contributed by atoms with Crippen LogP contribution in [0.25, 0.3) is 10.9 Å². The summed E-state index contributed by atoms with van der Waals surface area (Å²) in [6.07, 6.45) is 3.71. The number of guanidine groups is 1. The quantitative estimate of drug-likeness (QED) is 0.423. The van der Waals surface area contributed by atoms with Gasteiger partial charge in [0.05, 0.1) is 14.2 Å². The first-order valence-corrected chi connectivity index (χ1v) is 9.01. The normalized spacial score (nSPS) is 11.6. The number of benzene rings is 2. The van der Waals surface area contributed by atoms with Crippen molar-refractivity contribution in [3.63, 3.8) is 0 Å². The van der Waals surface area contributed by atoms with Crippen LogP contribution in [-0.4, -0.2) is 38.3 Å². The molecule has 4 N–H and O–H groups in total. The Balaban J connectivity index is 1.47. The van der Waals surface area contributed by atoms with Crippen LogP contribution in [0.1, 0.15) is 11.1 Å². The third kappa shape index (κ3) is 4.73. The van der Waals surface area contributed by atoms with Crippen molar-refractivity contribution in [1.82, 2.24) is 10.3 Å². The molecule has 0 aliphatic heterocycles. The average Bonchev–Trinajstić information content (AvgIpc) is 3.11. The fourth-order valence-electron chi connectivity index (χ4n) is 3.06. The molecule has 0 unspecified atom stereocenters. The topological polar surface area (TPSA) is 84.7 Å². The second-order valence-corrected chi connectivity index (χ2v) is 6.24. The van der Waals surface area contributed by atoms with Crippen molar-refractivity contribution >= 4 is 16.9 Å². The second-order valence-electron chi connectivity index (χ2n) is 6.24. The van der Waals surface area contributed by atoms with Crippen LogP contribution >= 0.6 is 0 Å². The number of ether oxygens (including phenoxy) is 2. The van der Waals surface area contributed by atoms with Crippen molar-refractivity contribution in [2.45, 2.75) is 12.8 Å². The SMILES string of the molecule is COc1ccc(CCNC(N)=NCCc2c[nH]c3ccccc23)cc1OC. The molecule has 0 radical (unpaired) electrons. The van der Waals surface area contributed by atoms with Gasteiger partial charge in [0.2, 0.25) is 0 Å². The lowest BCUT2D eigenvalue weighted by atomic mass is 10.1. The van der Waals surface area contributed by atoms with E-state index in [4.69, 9.17) is 15.2 Å². The molecule has 0 aliphatic carbocycles. The summed E-state index contributed by atoms with van der Waals surface area (Å²) in [5.74, 6) is 1.93. The number of H-pyrrole nitrogens is 1. The van der Waals surface area contributed by atoms with Gasteiger partial charge in [-0.15, -0.1) is 0 Å². The van der Waals surface area contributed by atoms with E-state index >= 15 is 0 Å². The molecule has 0 aliphatic rings. The monoisotopic (exact) mass is 366 g/mol. The van der Waals surface area contributed by atoms with Crippen molar-refractivity contribution in [2.75, 3.05) is 27.3 Å². The van der Waals surface area contributed by atoms with Gasteiger partial charge in [-0.3, -0.25) is 4.99 Å². The van der Waals surface area contributed by atoms with E-state index in [0.717, 1.165) is 35.4 Å². The number of hydrogen-bond donors (Lipinski definition) is 3. The van der Waals surface area contributed by atoms with Gasteiger partial charge in [-0.05, 0) is 42.2 Å². The van der Waals surface area contributed by atoms with Crippen LogP contribution in [0.5, 0.6) is 11.5 Å². The molecular weight excluding hydrogens is 340 g/mol. The van der Waals surface area contributed by atoms with Crippen LogP contribution in [0.15, 0.2) is 53.7 Å². The summed E-state index contributed by atoms with van der Waals surface area (Å²) in [5.41, 5.74) is 9.53. The minimum Gasteiger partial charge on any atom is -0.493 e. The molecule has 0 fully saturated rings. The number of para-hydroxylation sites is 1. The Kier molecular flexibility index (Phi) is 6.20. The van der Waals surface area contributed by atoms with Gasteiger partial charge < -0.3 is 25.5 Å². The number of nitrogens with zero attached hydrogens (tertiary/aromatic N) is 1. The molecule has 6 nitrogen and oxygen atoms in total. The Morgan fingerprint density at radius 2 is 1.89 bits per heavy atom. The van der Waals surface area contributed by atoms with Gasteiger partial charge in [-0.25, -0.2) is 0 Å². The Bertz CT molecular complexity index is 917. The maximum absolute atomic E-state index is 5.98. The summed E-state index contributed by atoms with van der Waals surface area (Å²) in [7, 11) is 3.27. The molecule has 1 heterocycles. The molecule has 0 bridgehead atoms. The van der Waals surface area contributed by atoms with Gasteiger partial charge in [0, 0.05) is 30.2 Å². The molecule has 0 saturated heterocycles. The molecule has 0 atom stereocenters. The standard InChI is InChI=1S/C21H26N4O2/c1-26-19-8-7-15(13-20(19)27-2)9-11-23-21(22)24-12-10-16-14-25-18-6-4-3-5-17(16)18/h3-8,13-14,25H,9-12H2,1-2H3,(H3,22,23,24). The number of nitrogens with two attached hydrogens (primary N) is 1. The molecule has 3 aromatic rings. The van der Waals surface area contributed by atoms with Gasteiger partial charge in [-0.2, -0.15) is 0 Å². The Labute approximate surface area is 159 Å². The predicted octanol–water partition coefficient (Wildman–Crippen LogP) is 2.87. The maximum Gasteiger partial charge on any atom is 0.188 e. The molecule has 27 heavy (non-hydrogen) atoms. The summed E-state index contributed by atoms with van der Waals surface area (Å²) in [6, 6.07) is 14.2. The van der Waals surface area contributed by atoms with Gasteiger partial charge in [0.1, 0.15) is 0 Å². The third-order valence-corrected chi connectivity index (χ3v) is 4.51. The molecule has 0 saturated carbocycles. The zero-order chi connectivity index (χ0) is 19.1. The van der Waals surface area contributed by atoms with E-state index in [9.17, 15) is 0 Å². The zero-order valence-electron chi connectivity index (χ0n) is 15.8. The highest BCUT2D eigenvalue weighted by molar-refractivity contribution is 5.83. The summed E-state index contributed by atoms with van der Waals surface area (Å²) in [6.45, 7) is 1.36. The zero-order valence-corrected chi connectivity index (χ0v) is 15.8. The number of aliphatic imine (C=N–C) groups is 1. The van der Waals surface area contributed by atoms with E-state index < -0.39 is 0 Å². The van der Waals surface area contributed by atoms with Gasteiger partial charge >= 0.3 is 0 Å². The first-order chi connectivity index (χ1) is 13.2. The van der Waals surface area contributed by atoms with Crippen LogP contribution in [-0.2, 0) is 12.8 Å². The lowest BCUT2D eigenvalue weighted by Crippen LogP contribution is -2.33. The van der Waals surface area contributed by atoms with Crippen LogP contribution in [0.4, 0.5) is 0 Å². The highest BCUT2D eigenvalue weighted by Crippen LogP contribution is 2.27. The molecule has 0 spiro atoms. The predicted molar refractivity (Wildman–Crippen MR) is 110 cm³/mol. The van der Waals surface area contributed by atoms with Gasteiger partial charge in [0.15, 0.2) is 17.5 Å². The van der Waals surface area contributed by atoms with E-state index in [1.807, 2.05) is 36.5 Å². The highest BCUT2D eigenvalue weighted by atomic mass is 16.5. The van der Waals surface area contributed by atoms with E-state index in [0.29, 0.717) is 19.0 Å². The maximum atomic E-state index is 5.98. The Morgan fingerprint density at radius 1 is 1.07 bits per heavy atom. The number of rotatable bonds is 8. The molecule has 6 heteroatoms. The number of methoxy groups -OCH3 is 2. The lowest BCUT2D eigenvalue weighted by Gasteiger charge is -2.10. The lowest BCUT2D eigenvalue weighted by molar-refractivity contribution is 0.354. The van der Waals surface area contributed by atoms with E-state index in [1.165, 1.54) is 10.9 Å². The Hall–Kier alpha value is -3.15. The molecule has 142 valence electrons. The van der Waals surface area contributed by atoms with Gasteiger partial charge in [0.25, 0.3) is 0 Å². The number of aromatic amines is 1. The molecule has 0 amide bonds. The van der Waals surface area contributed by atoms with Crippen molar-refractivity contribution in [3.8, 4) is 11.5 Å². The summed E-state index contributed by atoms with van der Waals surface area (Å²) < 4.78 is 10.6. The average molecular weight is 366 g/mol. The molecule has 2 aromatic carbocycles. The van der Waals surface area contributed by atoms with E-state index in [-0.39, 0.29) is 0 Å². The van der Waals surface area contributed by atoms with E-state index in [1.54, 1.807) is 14.2 Å². The van der Waals surface area contributed by atoms with Crippen LogP contribution in [0.2, 0.25) is 0 Å². The van der Waals surface area contributed by atoms with Crippen molar-refractivity contribution < 1.29 is 9.47 Å². The highest BCUT2D eigenvalue weighted by Gasteiger charge is 2.05. The number of nitrogens with one attached hydrogen (secondary N) is 2. The second kappa shape index (κ2) is 8.98. The summed E-state index contributed by atoms with van der Waals surface area (Å²) in [4.78, 5) is 7.70. The minimum absolute atomic E-state index is 0.468. The number of aromatic nitrogens is 1. The molecular formula is C21H26N4O2. The van der Waals surface area contributed by atoms with Crippen molar-refractivity contribution in [2.24, 2.45) is 10.7 Å². The first kappa shape index (κ1) is 18.6. The Morgan fingerprint density at radius 3 is 2.70 bits per heavy atom. The fraction of sp³-hybridized carbons (Fsp3) is 0.286. The van der Waals surface area contributed by atoms with Gasteiger partial charge in [-0.1, -0.05) is 24.3 Å². The van der Waals surface area contributed by atoms with Crippen LogP contribution in [0.3, 0.4) is 0 Å². The van der Waals surface area contributed by atoms with Crippen LogP contribution < -0.4 is 20.5 Å². The fourth-order valence-corrected chi connectivity index (χ4v) is 3.06. The van der Waals surface area contributed by atoms with Crippen molar-refractivity contribution in [1.29, 1.82) is 0 Å². The largest absolute Gasteiger partial charge is 0.493 e. The van der Waals surface area contributed by atoms with E-state index in [2.05, 4.69) is 27.4 Å². The minimum atomic E-state index is 0.468. The number of fused-ring (bicyclic) bond motifs is 1. The smallest absolute Gasteiger partial charge is 0.188 e. The molecule has 1 aromatic heterocycles.